The molecule has 2 aromatic carbocycles. The maximum Gasteiger partial charge on any atom is 0.0685 e. The van der Waals surface area contributed by atoms with Gasteiger partial charge in [0.1, 0.15) is 0 Å². The lowest BCUT2D eigenvalue weighted by atomic mass is 9.88. The molecule has 0 saturated heterocycles. The second-order valence-corrected chi connectivity index (χ2v) is 4.69. The molecule has 0 aromatic heterocycles. The topological polar surface area (TPSA) is 32.3 Å². The highest BCUT2D eigenvalue weighted by Crippen LogP contribution is 2.30. The van der Waals surface area contributed by atoms with Crippen molar-refractivity contribution in [2.24, 2.45) is 0 Å². The molecular formula is C16H17NO. The predicted octanol–water partition coefficient (Wildman–Crippen LogP) is 2.41. The molecule has 18 heavy (non-hydrogen) atoms. The van der Waals surface area contributed by atoms with Gasteiger partial charge in [0.15, 0.2) is 0 Å². The molecule has 0 bridgehead atoms. The van der Waals surface area contributed by atoms with E-state index < -0.39 is 0 Å². The maximum absolute atomic E-state index is 9.47. The molecule has 1 atom stereocenters. The van der Waals surface area contributed by atoms with Crippen molar-refractivity contribution >= 4 is 0 Å². The number of nitrogens with one attached hydrogen (secondary N) is 1. The van der Waals surface area contributed by atoms with E-state index in [1.165, 1.54) is 16.7 Å². The summed E-state index contributed by atoms with van der Waals surface area (Å²) in [6.07, 6.45) is 1.08. The third-order valence-electron chi connectivity index (χ3n) is 3.65. The van der Waals surface area contributed by atoms with Crippen LogP contribution in [0.4, 0.5) is 0 Å². The van der Waals surface area contributed by atoms with E-state index >= 15 is 0 Å². The largest absolute Gasteiger partial charge is 0.392 e. The number of hydrogen-bond acceptors (Lipinski definition) is 2. The zero-order valence-electron chi connectivity index (χ0n) is 10.3. The van der Waals surface area contributed by atoms with Crippen molar-refractivity contribution in [1.82, 2.24) is 5.32 Å². The van der Waals surface area contributed by atoms with E-state index in [2.05, 4.69) is 35.6 Å². The molecule has 1 aliphatic rings. The third-order valence-corrected chi connectivity index (χ3v) is 3.65. The van der Waals surface area contributed by atoms with Gasteiger partial charge < -0.3 is 10.4 Å². The highest BCUT2D eigenvalue weighted by molar-refractivity contribution is 5.42. The van der Waals surface area contributed by atoms with Gasteiger partial charge in [-0.1, -0.05) is 48.5 Å². The molecule has 0 spiro atoms. The monoisotopic (exact) mass is 239 g/mol. The number of aliphatic hydroxyl groups excluding tert-OH is 1. The number of hydrogen-bond donors (Lipinski definition) is 2. The molecule has 92 valence electrons. The molecular weight excluding hydrogens is 222 g/mol. The van der Waals surface area contributed by atoms with Crippen molar-refractivity contribution in [3.8, 4) is 0 Å². The van der Waals surface area contributed by atoms with Crippen molar-refractivity contribution in [2.75, 3.05) is 6.54 Å². The second-order valence-electron chi connectivity index (χ2n) is 4.69. The minimum Gasteiger partial charge on any atom is -0.392 e. The Balaban J connectivity index is 2.08. The molecule has 0 saturated carbocycles. The summed E-state index contributed by atoms with van der Waals surface area (Å²) in [5.74, 6) is 0. The summed E-state index contributed by atoms with van der Waals surface area (Å²) in [4.78, 5) is 0. The number of benzene rings is 2. The van der Waals surface area contributed by atoms with E-state index in [0.717, 1.165) is 18.5 Å². The molecule has 2 heteroatoms. The summed E-state index contributed by atoms with van der Waals surface area (Å²) in [5.41, 5.74) is 4.94. The van der Waals surface area contributed by atoms with E-state index in [0.29, 0.717) is 0 Å². The third kappa shape index (κ3) is 1.94. The summed E-state index contributed by atoms with van der Waals surface area (Å²) in [5, 5.41) is 13.0. The first-order chi connectivity index (χ1) is 8.90. The summed E-state index contributed by atoms with van der Waals surface area (Å²) >= 11 is 0. The van der Waals surface area contributed by atoms with Crippen LogP contribution < -0.4 is 5.32 Å². The van der Waals surface area contributed by atoms with Gasteiger partial charge >= 0.3 is 0 Å². The van der Waals surface area contributed by atoms with Crippen molar-refractivity contribution in [2.45, 2.75) is 19.1 Å². The van der Waals surface area contributed by atoms with Gasteiger partial charge in [-0.2, -0.15) is 0 Å². The van der Waals surface area contributed by atoms with Crippen molar-refractivity contribution < 1.29 is 5.11 Å². The standard InChI is InChI=1S/C16H17NO/c18-11-13-6-2-4-8-15(13)16-14-7-3-1-5-12(14)9-10-17-16/h1-8,16-18H,9-11H2. The SMILES string of the molecule is OCc1ccccc1C1NCCc2ccccc21. The van der Waals surface area contributed by atoms with Gasteiger partial charge in [0.05, 0.1) is 12.6 Å². The van der Waals surface area contributed by atoms with Gasteiger partial charge in [0.2, 0.25) is 0 Å². The molecule has 1 unspecified atom stereocenters. The van der Waals surface area contributed by atoms with Crippen LogP contribution in [0.2, 0.25) is 0 Å². The fourth-order valence-electron chi connectivity index (χ4n) is 2.74. The molecule has 0 radical (unpaired) electrons. The average Bonchev–Trinajstić information content (AvgIpc) is 2.46. The van der Waals surface area contributed by atoms with Gasteiger partial charge in [0.25, 0.3) is 0 Å². The summed E-state index contributed by atoms with van der Waals surface area (Å²) in [6.45, 7) is 1.08. The molecule has 1 heterocycles. The predicted molar refractivity (Wildman–Crippen MR) is 72.4 cm³/mol. The minimum absolute atomic E-state index is 0.0938. The molecule has 3 rings (SSSR count). The molecule has 2 aromatic rings. The molecule has 0 amide bonds. The number of fused-ring (bicyclic) bond motifs is 1. The van der Waals surface area contributed by atoms with E-state index in [4.69, 9.17) is 0 Å². The first-order valence-electron chi connectivity index (χ1n) is 6.40. The molecule has 2 N–H and O–H groups in total. The fraction of sp³-hybridized carbons (Fsp3) is 0.250. The lowest BCUT2D eigenvalue weighted by Gasteiger charge is -2.28. The van der Waals surface area contributed by atoms with Crippen molar-refractivity contribution in [1.29, 1.82) is 0 Å². The van der Waals surface area contributed by atoms with Crippen LogP contribution >= 0.6 is 0 Å². The highest BCUT2D eigenvalue weighted by Gasteiger charge is 2.22. The number of rotatable bonds is 2. The fourth-order valence-corrected chi connectivity index (χ4v) is 2.74. The Labute approximate surface area is 107 Å². The van der Waals surface area contributed by atoms with E-state index in [1.54, 1.807) is 0 Å². The quantitative estimate of drug-likeness (QED) is 0.843. The van der Waals surface area contributed by atoms with Gasteiger partial charge in [0, 0.05) is 6.54 Å². The Bertz CT molecular complexity index is 550. The average molecular weight is 239 g/mol. The van der Waals surface area contributed by atoms with Crippen molar-refractivity contribution in [3.05, 3.63) is 70.8 Å². The zero-order valence-corrected chi connectivity index (χ0v) is 10.3. The van der Waals surface area contributed by atoms with Crippen molar-refractivity contribution in [3.63, 3.8) is 0 Å². The van der Waals surface area contributed by atoms with Crippen LogP contribution in [0.25, 0.3) is 0 Å². The molecule has 0 fully saturated rings. The van der Waals surface area contributed by atoms with Gasteiger partial charge in [-0.3, -0.25) is 0 Å². The minimum atomic E-state index is 0.0938. The van der Waals surface area contributed by atoms with Crippen LogP contribution in [0.5, 0.6) is 0 Å². The Morgan fingerprint density at radius 2 is 1.72 bits per heavy atom. The normalized spacial score (nSPS) is 18.4. The van der Waals surface area contributed by atoms with Crippen LogP contribution in [-0.4, -0.2) is 11.7 Å². The highest BCUT2D eigenvalue weighted by atomic mass is 16.3. The van der Waals surface area contributed by atoms with Crippen LogP contribution in [-0.2, 0) is 13.0 Å². The second kappa shape index (κ2) is 4.92. The van der Waals surface area contributed by atoms with Crippen LogP contribution in [0.15, 0.2) is 48.5 Å². The lowest BCUT2D eigenvalue weighted by molar-refractivity contribution is 0.279. The first kappa shape index (κ1) is 11.5. The number of aliphatic hydroxyl groups is 1. The Hall–Kier alpha value is -1.64. The Morgan fingerprint density at radius 1 is 1.00 bits per heavy atom. The smallest absolute Gasteiger partial charge is 0.0685 e. The van der Waals surface area contributed by atoms with Crippen LogP contribution in [0.1, 0.15) is 28.3 Å². The van der Waals surface area contributed by atoms with E-state index in [1.807, 2.05) is 18.2 Å². The summed E-state index contributed by atoms with van der Waals surface area (Å²) in [6, 6.07) is 16.9. The Kier molecular flexibility index (Phi) is 3.13. The molecule has 0 aliphatic carbocycles. The lowest BCUT2D eigenvalue weighted by Crippen LogP contribution is -2.31. The van der Waals surface area contributed by atoms with Gasteiger partial charge in [-0.05, 0) is 28.7 Å². The van der Waals surface area contributed by atoms with E-state index in [-0.39, 0.29) is 12.6 Å². The molecule has 1 aliphatic heterocycles. The first-order valence-corrected chi connectivity index (χ1v) is 6.40. The van der Waals surface area contributed by atoms with Crippen LogP contribution in [0, 0.1) is 0 Å². The van der Waals surface area contributed by atoms with Crippen LogP contribution in [0.3, 0.4) is 0 Å². The Morgan fingerprint density at radius 3 is 2.56 bits per heavy atom. The maximum atomic E-state index is 9.47. The van der Waals surface area contributed by atoms with Gasteiger partial charge in [-0.25, -0.2) is 0 Å². The molecule has 2 nitrogen and oxygen atoms in total. The van der Waals surface area contributed by atoms with E-state index in [9.17, 15) is 5.11 Å². The zero-order chi connectivity index (χ0) is 12.4. The van der Waals surface area contributed by atoms with Gasteiger partial charge in [-0.15, -0.1) is 0 Å². The summed E-state index contributed by atoms with van der Waals surface area (Å²) in [7, 11) is 0. The summed E-state index contributed by atoms with van der Waals surface area (Å²) < 4.78 is 0.